The van der Waals surface area contributed by atoms with E-state index < -0.39 is 6.61 Å². The number of fused-ring (bicyclic) bond motifs is 1. The summed E-state index contributed by atoms with van der Waals surface area (Å²) in [5, 5.41) is 3.08. The van der Waals surface area contributed by atoms with Gasteiger partial charge in [-0.1, -0.05) is 15.9 Å². The van der Waals surface area contributed by atoms with Crippen molar-refractivity contribution in [3.63, 3.8) is 0 Å². The highest BCUT2D eigenvalue weighted by Gasteiger charge is 2.15. The molecule has 3 rings (SSSR count). The van der Waals surface area contributed by atoms with Crippen molar-refractivity contribution in [1.29, 1.82) is 0 Å². The first kappa shape index (κ1) is 17.8. The first-order valence-corrected chi connectivity index (χ1v) is 8.43. The highest BCUT2D eigenvalue weighted by molar-refractivity contribution is 9.10. The van der Waals surface area contributed by atoms with Gasteiger partial charge in [-0.15, -0.1) is 0 Å². The largest absolute Gasteiger partial charge is 0.435 e. The lowest BCUT2D eigenvalue weighted by Gasteiger charge is -2.11. The Bertz CT molecular complexity index is 918. The molecule has 6 nitrogen and oxygen atoms in total. The molecule has 0 aliphatic heterocycles. The standard InChI is InChI=1S/C15H13BrClF2N5O/c1-7(2)24-6-20-11-12(22-14(17)23-13(11)24)21-9-3-8(16)4-10(5-9)25-15(18)19/h3-7,15H,1-2H3,(H,21,22,23). The van der Waals surface area contributed by atoms with Crippen LogP contribution in [0, 0.1) is 0 Å². The van der Waals surface area contributed by atoms with E-state index in [2.05, 4.69) is 40.9 Å². The Morgan fingerprint density at radius 1 is 1.24 bits per heavy atom. The van der Waals surface area contributed by atoms with Gasteiger partial charge in [0.1, 0.15) is 5.75 Å². The Balaban J connectivity index is 2.02. The molecule has 0 amide bonds. The normalized spacial score (nSPS) is 11.5. The summed E-state index contributed by atoms with van der Waals surface area (Å²) in [4.78, 5) is 12.7. The molecule has 1 N–H and O–H groups in total. The van der Waals surface area contributed by atoms with Crippen molar-refractivity contribution in [1.82, 2.24) is 19.5 Å². The molecule has 0 bridgehead atoms. The maximum atomic E-state index is 12.4. The van der Waals surface area contributed by atoms with Crippen molar-refractivity contribution in [3.05, 3.63) is 34.3 Å². The van der Waals surface area contributed by atoms with Gasteiger partial charge in [0.25, 0.3) is 0 Å². The van der Waals surface area contributed by atoms with Gasteiger partial charge in [-0.3, -0.25) is 0 Å². The van der Waals surface area contributed by atoms with Crippen LogP contribution in [0.4, 0.5) is 20.3 Å². The average Bonchev–Trinajstić information content (AvgIpc) is 2.89. The molecule has 10 heteroatoms. The van der Waals surface area contributed by atoms with Crippen LogP contribution >= 0.6 is 27.5 Å². The first-order chi connectivity index (χ1) is 11.8. The highest BCUT2D eigenvalue weighted by atomic mass is 79.9. The molecule has 0 unspecified atom stereocenters. The molecule has 0 aliphatic rings. The van der Waals surface area contributed by atoms with Gasteiger partial charge in [-0.25, -0.2) is 4.98 Å². The number of nitrogens with one attached hydrogen (secondary N) is 1. The number of aromatic nitrogens is 4. The zero-order chi connectivity index (χ0) is 18.1. The van der Waals surface area contributed by atoms with Crippen molar-refractivity contribution in [2.45, 2.75) is 26.5 Å². The lowest BCUT2D eigenvalue weighted by molar-refractivity contribution is -0.0498. The molecule has 2 aromatic heterocycles. The van der Waals surface area contributed by atoms with Crippen molar-refractivity contribution >= 4 is 50.2 Å². The van der Waals surface area contributed by atoms with Crippen LogP contribution in [-0.2, 0) is 0 Å². The summed E-state index contributed by atoms with van der Waals surface area (Å²) in [5.41, 5.74) is 1.59. The number of rotatable bonds is 5. The van der Waals surface area contributed by atoms with Gasteiger partial charge in [0.15, 0.2) is 17.0 Å². The summed E-state index contributed by atoms with van der Waals surface area (Å²) >= 11 is 9.28. The molecule has 0 saturated heterocycles. The minimum Gasteiger partial charge on any atom is -0.435 e. The number of anilines is 2. The maximum Gasteiger partial charge on any atom is 0.387 e. The van der Waals surface area contributed by atoms with Crippen LogP contribution in [0.3, 0.4) is 0 Å². The van der Waals surface area contributed by atoms with Gasteiger partial charge in [0.05, 0.1) is 6.33 Å². The minimum atomic E-state index is -2.91. The molecular weight excluding hydrogens is 420 g/mol. The third-order valence-corrected chi connectivity index (χ3v) is 3.94. The van der Waals surface area contributed by atoms with E-state index in [0.717, 1.165) is 0 Å². The topological polar surface area (TPSA) is 64.9 Å². The first-order valence-electron chi connectivity index (χ1n) is 7.26. The molecule has 0 saturated carbocycles. The highest BCUT2D eigenvalue weighted by Crippen LogP contribution is 2.30. The number of imidazole rings is 1. The molecule has 1 aromatic carbocycles. The van der Waals surface area contributed by atoms with Crippen molar-refractivity contribution in [2.24, 2.45) is 0 Å². The fourth-order valence-corrected chi connectivity index (χ4v) is 2.93. The van der Waals surface area contributed by atoms with E-state index in [1.165, 1.54) is 12.1 Å². The second kappa shape index (κ2) is 7.09. The van der Waals surface area contributed by atoms with Gasteiger partial charge in [-0.05, 0) is 37.6 Å². The average molecular weight is 433 g/mol. The number of halogens is 4. The molecule has 2 heterocycles. The molecule has 0 aliphatic carbocycles. The summed E-state index contributed by atoms with van der Waals surface area (Å²) in [6.45, 7) is 1.07. The fourth-order valence-electron chi connectivity index (χ4n) is 2.30. The predicted molar refractivity (Wildman–Crippen MR) is 94.8 cm³/mol. The van der Waals surface area contributed by atoms with Crippen LogP contribution < -0.4 is 10.1 Å². The predicted octanol–water partition coefficient (Wildman–Crippen LogP) is 5.17. The van der Waals surface area contributed by atoms with Gasteiger partial charge in [0, 0.05) is 22.3 Å². The van der Waals surface area contributed by atoms with Crippen molar-refractivity contribution < 1.29 is 13.5 Å². The Labute approximate surface area is 155 Å². The molecule has 0 radical (unpaired) electrons. The number of alkyl halides is 2. The Hall–Kier alpha value is -2.00. The van der Waals surface area contributed by atoms with Crippen LogP contribution in [0.1, 0.15) is 19.9 Å². The Kier molecular flexibility index (Phi) is 5.05. The minimum absolute atomic E-state index is 0.0102. The van der Waals surface area contributed by atoms with E-state index in [0.29, 0.717) is 27.1 Å². The zero-order valence-corrected chi connectivity index (χ0v) is 15.5. The number of hydrogen-bond acceptors (Lipinski definition) is 5. The molecule has 3 aromatic rings. The van der Waals surface area contributed by atoms with Crippen molar-refractivity contribution in [2.75, 3.05) is 5.32 Å². The SMILES string of the molecule is CC(C)n1cnc2c(Nc3cc(Br)cc(OC(F)F)c3)nc(Cl)nc21. The lowest BCUT2D eigenvalue weighted by Crippen LogP contribution is -2.04. The molecule has 0 fully saturated rings. The van der Waals surface area contributed by atoms with E-state index in [4.69, 9.17) is 11.6 Å². The molecular formula is C15H13BrClF2N5O. The van der Waals surface area contributed by atoms with Crippen LogP contribution in [0.2, 0.25) is 5.28 Å². The third-order valence-electron chi connectivity index (χ3n) is 3.31. The molecule has 0 spiro atoms. The number of nitrogens with zero attached hydrogens (tertiary/aromatic N) is 4. The van der Waals surface area contributed by atoms with E-state index in [1.807, 2.05) is 18.4 Å². The summed E-state index contributed by atoms with van der Waals surface area (Å²) < 4.78 is 31.7. The van der Waals surface area contributed by atoms with Crippen molar-refractivity contribution in [3.8, 4) is 5.75 Å². The van der Waals surface area contributed by atoms with Gasteiger partial charge in [0.2, 0.25) is 5.28 Å². The lowest BCUT2D eigenvalue weighted by atomic mass is 10.3. The maximum absolute atomic E-state index is 12.4. The van der Waals surface area contributed by atoms with Crippen LogP contribution in [0.25, 0.3) is 11.2 Å². The second-order valence-electron chi connectivity index (χ2n) is 5.44. The van der Waals surface area contributed by atoms with E-state index in [-0.39, 0.29) is 17.1 Å². The second-order valence-corrected chi connectivity index (χ2v) is 6.69. The number of benzene rings is 1. The summed E-state index contributed by atoms with van der Waals surface area (Å²) in [6, 6.07) is 4.70. The summed E-state index contributed by atoms with van der Waals surface area (Å²) in [6.07, 6.45) is 1.65. The summed E-state index contributed by atoms with van der Waals surface area (Å²) in [7, 11) is 0. The zero-order valence-electron chi connectivity index (χ0n) is 13.2. The van der Waals surface area contributed by atoms with Crippen LogP contribution in [0.5, 0.6) is 5.75 Å². The van der Waals surface area contributed by atoms with E-state index >= 15 is 0 Å². The van der Waals surface area contributed by atoms with Crippen LogP contribution in [-0.4, -0.2) is 26.1 Å². The number of ether oxygens (including phenoxy) is 1. The van der Waals surface area contributed by atoms with E-state index in [9.17, 15) is 8.78 Å². The fraction of sp³-hybridized carbons (Fsp3) is 0.267. The Morgan fingerprint density at radius 2 is 2.00 bits per heavy atom. The Morgan fingerprint density at radius 3 is 2.68 bits per heavy atom. The van der Waals surface area contributed by atoms with Crippen LogP contribution in [0.15, 0.2) is 29.0 Å². The van der Waals surface area contributed by atoms with E-state index in [1.54, 1.807) is 12.4 Å². The third kappa shape index (κ3) is 3.98. The van der Waals surface area contributed by atoms with Gasteiger partial charge < -0.3 is 14.6 Å². The number of hydrogen-bond donors (Lipinski definition) is 1. The monoisotopic (exact) mass is 431 g/mol. The van der Waals surface area contributed by atoms with Gasteiger partial charge >= 0.3 is 6.61 Å². The molecule has 132 valence electrons. The molecule has 25 heavy (non-hydrogen) atoms. The van der Waals surface area contributed by atoms with Gasteiger partial charge in [-0.2, -0.15) is 18.7 Å². The smallest absolute Gasteiger partial charge is 0.387 e. The quantitative estimate of drug-likeness (QED) is 0.564. The summed E-state index contributed by atoms with van der Waals surface area (Å²) in [5.74, 6) is 0.381. The molecule has 0 atom stereocenters.